The highest BCUT2D eigenvalue weighted by atomic mass is 16.5. The Morgan fingerprint density at radius 3 is 2.39 bits per heavy atom. The second-order valence-corrected chi connectivity index (χ2v) is 6.63. The number of aromatic nitrogens is 2. The number of carbonyl (C=O) groups excluding carboxylic acids is 2. The number of rotatable bonds is 7. The number of hydrogen-bond acceptors (Lipinski definition) is 6. The molecule has 8 heteroatoms. The maximum Gasteiger partial charge on any atom is 0.343 e. The predicted octanol–water partition coefficient (Wildman–Crippen LogP) is 1.62. The van der Waals surface area contributed by atoms with Crippen molar-refractivity contribution in [2.75, 3.05) is 51.2 Å². The van der Waals surface area contributed by atoms with Crippen molar-refractivity contribution in [3.8, 4) is 5.69 Å². The van der Waals surface area contributed by atoms with Crippen LogP contribution in [0.3, 0.4) is 0 Å². The minimum Gasteiger partial charge on any atom is -0.462 e. The Kier molecular flexibility index (Phi) is 6.78. The molecule has 1 amide bonds. The van der Waals surface area contributed by atoms with Crippen LogP contribution in [0.5, 0.6) is 0 Å². The summed E-state index contributed by atoms with van der Waals surface area (Å²) in [7, 11) is 0. The molecule has 1 fully saturated rings. The molecule has 1 aromatic carbocycles. The fourth-order valence-electron chi connectivity index (χ4n) is 3.23. The third-order valence-electron chi connectivity index (χ3n) is 4.80. The van der Waals surface area contributed by atoms with E-state index in [2.05, 4.69) is 27.1 Å². The van der Waals surface area contributed by atoms with E-state index in [1.165, 1.54) is 6.20 Å². The molecule has 150 valence electrons. The maximum absolute atomic E-state index is 12.7. The quantitative estimate of drug-likeness (QED) is 0.730. The second kappa shape index (κ2) is 9.48. The Labute approximate surface area is 165 Å². The fraction of sp³-hybridized carbons (Fsp3) is 0.450. The Balaban J connectivity index is 1.76. The summed E-state index contributed by atoms with van der Waals surface area (Å²) in [6.45, 7) is 9.06. The van der Waals surface area contributed by atoms with Gasteiger partial charge in [-0.05, 0) is 25.6 Å². The van der Waals surface area contributed by atoms with E-state index >= 15 is 0 Å². The summed E-state index contributed by atoms with van der Waals surface area (Å²) in [6.07, 6.45) is 1.43. The summed E-state index contributed by atoms with van der Waals surface area (Å²) in [5.41, 5.74) is 1.000. The van der Waals surface area contributed by atoms with Gasteiger partial charge in [-0.2, -0.15) is 5.10 Å². The van der Waals surface area contributed by atoms with Crippen LogP contribution >= 0.6 is 0 Å². The number of hydrogen-bond donors (Lipinski definition) is 1. The summed E-state index contributed by atoms with van der Waals surface area (Å²) < 4.78 is 6.67. The van der Waals surface area contributed by atoms with Crippen molar-refractivity contribution in [3.05, 3.63) is 42.1 Å². The molecule has 0 radical (unpaired) electrons. The van der Waals surface area contributed by atoms with Gasteiger partial charge in [0.25, 0.3) is 0 Å². The van der Waals surface area contributed by atoms with Gasteiger partial charge in [-0.15, -0.1) is 0 Å². The van der Waals surface area contributed by atoms with Gasteiger partial charge in [-0.3, -0.25) is 9.69 Å². The van der Waals surface area contributed by atoms with Crippen molar-refractivity contribution in [1.29, 1.82) is 0 Å². The van der Waals surface area contributed by atoms with Gasteiger partial charge < -0.3 is 15.0 Å². The van der Waals surface area contributed by atoms with Crippen molar-refractivity contribution in [2.24, 2.45) is 0 Å². The number of ether oxygens (including phenoxy) is 1. The van der Waals surface area contributed by atoms with Gasteiger partial charge in [-0.1, -0.05) is 25.1 Å². The smallest absolute Gasteiger partial charge is 0.343 e. The highest BCUT2D eigenvalue weighted by Crippen LogP contribution is 2.21. The molecule has 1 saturated heterocycles. The van der Waals surface area contributed by atoms with Crippen LogP contribution in [0.25, 0.3) is 5.69 Å². The molecule has 0 unspecified atom stereocenters. The first kappa shape index (κ1) is 20.0. The molecule has 3 rings (SSSR count). The van der Waals surface area contributed by atoms with Gasteiger partial charge in [0.1, 0.15) is 5.56 Å². The number of amides is 1. The number of anilines is 1. The van der Waals surface area contributed by atoms with Crippen molar-refractivity contribution in [3.63, 3.8) is 0 Å². The average molecular weight is 385 g/mol. The highest BCUT2D eigenvalue weighted by Gasteiger charge is 2.23. The van der Waals surface area contributed by atoms with Crippen LogP contribution < -0.4 is 5.32 Å². The third-order valence-corrected chi connectivity index (χ3v) is 4.80. The maximum atomic E-state index is 12.7. The molecular formula is C20H27N5O3. The Bertz CT molecular complexity index is 797. The normalized spacial score (nSPS) is 15.4. The van der Waals surface area contributed by atoms with E-state index in [1.54, 1.807) is 11.6 Å². The molecular weight excluding hydrogens is 358 g/mol. The molecule has 0 saturated carbocycles. The predicted molar refractivity (Wildman–Crippen MR) is 107 cm³/mol. The Hall–Kier alpha value is -2.71. The Morgan fingerprint density at radius 2 is 1.75 bits per heavy atom. The summed E-state index contributed by atoms with van der Waals surface area (Å²) in [6, 6.07) is 9.37. The Morgan fingerprint density at radius 1 is 1.07 bits per heavy atom. The van der Waals surface area contributed by atoms with E-state index in [4.69, 9.17) is 4.74 Å². The molecule has 0 aliphatic carbocycles. The molecule has 1 N–H and O–H groups in total. The van der Waals surface area contributed by atoms with Gasteiger partial charge in [0, 0.05) is 26.2 Å². The number of likely N-dealkylation sites (N-methyl/N-ethyl adjacent to an activating group) is 1. The van der Waals surface area contributed by atoms with E-state index in [0.29, 0.717) is 5.82 Å². The van der Waals surface area contributed by atoms with Crippen molar-refractivity contribution < 1.29 is 14.3 Å². The zero-order valence-corrected chi connectivity index (χ0v) is 16.4. The zero-order valence-electron chi connectivity index (χ0n) is 16.4. The van der Waals surface area contributed by atoms with Gasteiger partial charge in [0.05, 0.1) is 25.0 Å². The molecule has 2 heterocycles. The number of esters is 1. The molecule has 1 aromatic heterocycles. The number of benzene rings is 1. The van der Waals surface area contributed by atoms with Gasteiger partial charge in [-0.25, -0.2) is 9.48 Å². The molecule has 8 nitrogen and oxygen atoms in total. The monoisotopic (exact) mass is 385 g/mol. The van der Waals surface area contributed by atoms with Crippen LogP contribution in [0.15, 0.2) is 36.5 Å². The lowest BCUT2D eigenvalue weighted by molar-refractivity contribution is -0.117. The van der Waals surface area contributed by atoms with Gasteiger partial charge in [0.15, 0.2) is 5.82 Å². The summed E-state index contributed by atoms with van der Waals surface area (Å²) in [5, 5.41) is 7.17. The summed E-state index contributed by atoms with van der Waals surface area (Å²) in [4.78, 5) is 29.5. The average Bonchev–Trinajstić information content (AvgIpc) is 3.13. The SMILES string of the molecule is CCOC(=O)c1cnn(-c2ccccc2)c1NC(=O)CN1CCN(CC)CC1. The minimum absolute atomic E-state index is 0.173. The van der Waals surface area contributed by atoms with Crippen LogP contribution in [-0.4, -0.2) is 77.3 Å². The zero-order chi connectivity index (χ0) is 19.9. The van der Waals surface area contributed by atoms with E-state index in [0.717, 1.165) is 38.4 Å². The number of nitrogens with one attached hydrogen (secondary N) is 1. The number of nitrogens with zero attached hydrogens (tertiary/aromatic N) is 4. The molecule has 28 heavy (non-hydrogen) atoms. The van der Waals surface area contributed by atoms with Crippen LogP contribution in [0.2, 0.25) is 0 Å². The molecule has 1 aliphatic heterocycles. The largest absolute Gasteiger partial charge is 0.462 e. The van der Waals surface area contributed by atoms with E-state index in [1.807, 2.05) is 30.3 Å². The summed E-state index contributed by atoms with van der Waals surface area (Å²) in [5.74, 6) is -0.341. The second-order valence-electron chi connectivity index (χ2n) is 6.63. The van der Waals surface area contributed by atoms with Crippen molar-refractivity contribution in [2.45, 2.75) is 13.8 Å². The third kappa shape index (κ3) is 4.76. The first-order valence-corrected chi connectivity index (χ1v) is 9.67. The molecule has 1 aliphatic rings. The molecule has 0 bridgehead atoms. The molecule has 0 atom stereocenters. The first-order valence-electron chi connectivity index (χ1n) is 9.67. The number of para-hydroxylation sites is 1. The standard InChI is InChI=1S/C20H27N5O3/c1-3-23-10-12-24(13-11-23)15-18(26)22-19-17(20(27)28-4-2)14-21-25(19)16-8-6-5-7-9-16/h5-9,14H,3-4,10-13,15H2,1-2H3,(H,22,26). The van der Waals surface area contributed by atoms with Crippen molar-refractivity contribution in [1.82, 2.24) is 19.6 Å². The van der Waals surface area contributed by atoms with Crippen LogP contribution in [0.1, 0.15) is 24.2 Å². The highest BCUT2D eigenvalue weighted by molar-refractivity contribution is 6.01. The molecule has 0 spiro atoms. The van der Waals surface area contributed by atoms with Crippen LogP contribution in [-0.2, 0) is 9.53 Å². The lowest BCUT2D eigenvalue weighted by Crippen LogP contribution is -2.48. The first-order chi connectivity index (χ1) is 13.6. The summed E-state index contributed by atoms with van der Waals surface area (Å²) >= 11 is 0. The minimum atomic E-state index is -0.503. The van der Waals surface area contributed by atoms with Gasteiger partial charge in [0.2, 0.25) is 5.91 Å². The van der Waals surface area contributed by atoms with Crippen molar-refractivity contribution >= 4 is 17.7 Å². The topological polar surface area (TPSA) is 79.7 Å². The van der Waals surface area contributed by atoms with E-state index in [-0.39, 0.29) is 24.6 Å². The molecule has 2 aromatic rings. The number of carbonyl (C=O) groups is 2. The lowest BCUT2D eigenvalue weighted by atomic mass is 10.3. The fourth-order valence-corrected chi connectivity index (χ4v) is 3.23. The van der Waals surface area contributed by atoms with E-state index in [9.17, 15) is 9.59 Å². The van der Waals surface area contributed by atoms with E-state index < -0.39 is 5.97 Å². The van der Waals surface area contributed by atoms with Gasteiger partial charge >= 0.3 is 5.97 Å². The number of piperazine rings is 1. The lowest BCUT2D eigenvalue weighted by Gasteiger charge is -2.33. The van der Waals surface area contributed by atoms with Crippen LogP contribution in [0.4, 0.5) is 5.82 Å². The van der Waals surface area contributed by atoms with Crippen LogP contribution in [0, 0.1) is 0 Å².